The molecule has 44 heavy (non-hydrogen) atoms. The first-order valence-corrected chi connectivity index (χ1v) is 14.2. The van der Waals surface area contributed by atoms with Crippen molar-refractivity contribution >= 4 is 43.6 Å². The zero-order valence-corrected chi connectivity index (χ0v) is 23.4. The van der Waals surface area contributed by atoms with Crippen molar-refractivity contribution in [2.24, 2.45) is 0 Å². The Hall–Kier alpha value is -6.61. The van der Waals surface area contributed by atoms with Crippen molar-refractivity contribution in [1.29, 1.82) is 15.8 Å². The van der Waals surface area contributed by atoms with Crippen LogP contribution in [-0.2, 0) is 0 Å². The van der Waals surface area contributed by atoms with E-state index < -0.39 is 0 Å². The van der Waals surface area contributed by atoms with Gasteiger partial charge in [0.05, 0.1) is 56.6 Å². The average Bonchev–Trinajstić information content (AvgIpc) is 3.60. The Morgan fingerprint density at radius 3 is 1.52 bits per heavy atom. The Morgan fingerprint density at radius 1 is 0.409 bits per heavy atom. The van der Waals surface area contributed by atoms with Gasteiger partial charge in [0.2, 0.25) is 0 Å². The molecule has 0 atom stereocenters. The molecule has 0 fully saturated rings. The van der Waals surface area contributed by atoms with Crippen molar-refractivity contribution in [2.45, 2.75) is 0 Å². The van der Waals surface area contributed by atoms with Gasteiger partial charge in [-0.25, -0.2) is 0 Å². The number of aromatic nitrogens is 2. The van der Waals surface area contributed by atoms with Crippen molar-refractivity contribution < 1.29 is 0 Å². The van der Waals surface area contributed by atoms with Gasteiger partial charge < -0.3 is 9.13 Å². The van der Waals surface area contributed by atoms with Crippen molar-refractivity contribution in [2.75, 3.05) is 0 Å². The molecule has 8 aromatic rings. The molecule has 0 saturated carbocycles. The standard InChI is InChI=1S/C39H21N5/c40-22-25-10-15-30(16-11-25)43-35-7-3-1-5-31(35)33-20-27(13-17-37(33)43)28-14-18-38-34(21-28)32-6-2-4-8-36(32)44(38)39-19-26(23-41)9-12-29(39)24-42/h1-21H. The monoisotopic (exact) mass is 559 g/mol. The maximum atomic E-state index is 9.92. The number of para-hydroxylation sites is 2. The highest BCUT2D eigenvalue weighted by Gasteiger charge is 2.17. The summed E-state index contributed by atoms with van der Waals surface area (Å²) < 4.78 is 4.33. The number of hydrogen-bond acceptors (Lipinski definition) is 3. The summed E-state index contributed by atoms with van der Waals surface area (Å²) in [6.07, 6.45) is 0. The van der Waals surface area contributed by atoms with E-state index in [4.69, 9.17) is 0 Å². The summed E-state index contributed by atoms with van der Waals surface area (Å²) >= 11 is 0. The Labute approximate surface area is 252 Å². The highest BCUT2D eigenvalue weighted by Crippen LogP contribution is 2.38. The Bertz CT molecular complexity index is 2580. The molecule has 0 radical (unpaired) electrons. The van der Waals surface area contributed by atoms with Gasteiger partial charge in [0.15, 0.2) is 0 Å². The van der Waals surface area contributed by atoms with Crippen LogP contribution in [0.15, 0.2) is 127 Å². The van der Waals surface area contributed by atoms with Crippen LogP contribution in [-0.4, -0.2) is 9.13 Å². The first kappa shape index (κ1) is 25.1. The maximum absolute atomic E-state index is 9.92. The van der Waals surface area contributed by atoms with E-state index >= 15 is 0 Å². The van der Waals surface area contributed by atoms with Gasteiger partial charge in [-0.1, -0.05) is 48.5 Å². The fourth-order valence-corrected chi connectivity index (χ4v) is 6.41. The highest BCUT2D eigenvalue weighted by molar-refractivity contribution is 6.12. The first-order valence-electron chi connectivity index (χ1n) is 14.2. The predicted octanol–water partition coefficient (Wildman–Crippen LogP) is 9.16. The molecule has 2 aromatic heterocycles. The third kappa shape index (κ3) is 3.70. The summed E-state index contributed by atoms with van der Waals surface area (Å²) in [6, 6.07) is 49.2. The molecular formula is C39H21N5. The van der Waals surface area contributed by atoms with Crippen LogP contribution in [0.3, 0.4) is 0 Å². The molecule has 0 aliphatic heterocycles. The molecule has 0 amide bonds. The predicted molar refractivity (Wildman–Crippen MR) is 175 cm³/mol. The van der Waals surface area contributed by atoms with Gasteiger partial charge in [-0.15, -0.1) is 0 Å². The fraction of sp³-hybridized carbons (Fsp3) is 0. The Kier molecular flexibility index (Phi) is 5.56. The van der Waals surface area contributed by atoms with E-state index in [1.165, 1.54) is 0 Å². The lowest BCUT2D eigenvalue weighted by molar-refractivity contribution is 1.16. The van der Waals surface area contributed by atoms with Gasteiger partial charge in [0, 0.05) is 27.2 Å². The molecule has 0 aliphatic rings. The van der Waals surface area contributed by atoms with E-state index in [0.717, 1.165) is 60.4 Å². The quantitative estimate of drug-likeness (QED) is 0.216. The second-order valence-corrected chi connectivity index (χ2v) is 10.8. The van der Waals surface area contributed by atoms with Crippen LogP contribution in [0.5, 0.6) is 0 Å². The molecule has 0 saturated heterocycles. The van der Waals surface area contributed by atoms with E-state index in [9.17, 15) is 15.8 Å². The average molecular weight is 560 g/mol. The van der Waals surface area contributed by atoms with Gasteiger partial charge in [-0.05, 0) is 90.0 Å². The molecule has 202 valence electrons. The van der Waals surface area contributed by atoms with Crippen LogP contribution < -0.4 is 0 Å². The smallest absolute Gasteiger partial charge is 0.101 e. The molecule has 0 aliphatic carbocycles. The van der Waals surface area contributed by atoms with Crippen molar-refractivity contribution in [3.05, 3.63) is 144 Å². The number of hydrogen-bond donors (Lipinski definition) is 0. The normalized spacial score (nSPS) is 11.1. The van der Waals surface area contributed by atoms with E-state index in [1.54, 1.807) is 18.2 Å². The number of rotatable bonds is 3. The molecule has 6 aromatic carbocycles. The van der Waals surface area contributed by atoms with Gasteiger partial charge in [0.25, 0.3) is 0 Å². The van der Waals surface area contributed by atoms with Crippen LogP contribution >= 0.6 is 0 Å². The molecule has 0 bridgehead atoms. The minimum Gasteiger partial charge on any atom is -0.309 e. The number of nitriles is 3. The zero-order valence-electron chi connectivity index (χ0n) is 23.4. The molecule has 0 N–H and O–H groups in total. The summed E-state index contributed by atoms with van der Waals surface area (Å²) in [5, 5.41) is 33.3. The van der Waals surface area contributed by atoms with E-state index in [0.29, 0.717) is 22.4 Å². The summed E-state index contributed by atoms with van der Waals surface area (Å²) in [4.78, 5) is 0. The summed E-state index contributed by atoms with van der Waals surface area (Å²) in [7, 11) is 0. The molecule has 0 spiro atoms. The van der Waals surface area contributed by atoms with E-state index in [1.807, 2.05) is 36.4 Å². The number of benzene rings is 6. The third-order valence-electron chi connectivity index (χ3n) is 8.42. The molecule has 0 unspecified atom stereocenters. The molecule has 5 heteroatoms. The fourth-order valence-electron chi connectivity index (χ4n) is 6.41. The van der Waals surface area contributed by atoms with Gasteiger partial charge in [-0.2, -0.15) is 15.8 Å². The highest BCUT2D eigenvalue weighted by atomic mass is 15.0. The largest absolute Gasteiger partial charge is 0.309 e. The van der Waals surface area contributed by atoms with Gasteiger partial charge >= 0.3 is 0 Å². The lowest BCUT2D eigenvalue weighted by Gasteiger charge is -2.11. The Morgan fingerprint density at radius 2 is 0.932 bits per heavy atom. The number of fused-ring (bicyclic) bond motifs is 6. The molecule has 8 rings (SSSR count). The summed E-state index contributed by atoms with van der Waals surface area (Å²) in [6.45, 7) is 0. The van der Waals surface area contributed by atoms with E-state index in [-0.39, 0.29) is 0 Å². The van der Waals surface area contributed by atoms with Gasteiger partial charge in [-0.3, -0.25) is 0 Å². The minimum absolute atomic E-state index is 0.509. The topological polar surface area (TPSA) is 81.2 Å². The third-order valence-corrected chi connectivity index (χ3v) is 8.42. The van der Waals surface area contributed by atoms with Crippen LogP contribution in [0, 0.1) is 34.0 Å². The van der Waals surface area contributed by atoms with Gasteiger partial charge in [0.1, 0.15) is 6.07 Å². The molecule has 5 nitrogen and oxygen atoms in total. The molecule has 2 heterocycles. The number of nitrogens with zero attached hydrogens (tertiary/aromatic N) is 5. The second kappa shape index (κ2) is 9.74. The summed E-state index contributed by atoms with van der Waals surface area (Å²) in [5.41, 5.74) is 9.70. The van der Waals surface area contributed by atoms with Crippen molar-refractivity contribution in [3.63, 3.8) is 0 Å². The van der Waals surface area contributed by atoms with Crippen LogP contribution in [0.1, 0.15) is 16.7 Å². The van der Waals surface area contributed by atoms with Crippen LogP contribution in [0.4, 0.5) is 0 Å². The SMILES string of the molecule is N#Cc1ccc(-n2c3ccccc3c3cc(-c4ccc5c(c4)c4ccccc4n5-c4cc(C#N)ccc4C#N)ccc32)cc1. The maximum Gasteiger partial charge on any atom is 0.101 e. The van der Waals surface area contributed by atoms with E-state index in [2.05, 4.69) is 100 Å². The lowest BCUT2D eigenvalue weighted by Crippen LogP contribution is -1.98. The minimum atomic E-state index is 0.509. The lowest BCUT2D eigenvalue weighted by atomic mass is 10.0. The Balaban J connectivity index is 1.34. The summed E-state index contributed by atoms with van der Waals surface area (Å²) in [5.74, 6) is 0. The van der Waals surface area contributed by atoms with Crippen LogP contribution in [0.25, 0.3) is 66.1 Å². The van der Waals surface area contributed by atoms with Crippen LogP contribution in [0.2, 0.25) is 0 Å². The zero-order chi connectivity index (χ0) is 29.8. The van der Waals surface area contributed by atoms with Crippen molar-refractivity contribution in [3.8, 4) is 40.7 Å². The van der Waals surface area contributed by atoms with Crippen molar-refractivity contribution in [1.82, 2.24) is 9.13 Å². The first-order chi connectivity index (χ1) is 21.7. The second-order valence-electron chi connectivity index (χ2n) is 10.8. The molecular weight excluding hydrogens is 538 g/mol.